The number of ether oxygens (including phenoxy) is 2. The summed E-state index contributed by atoms with van der Waals surface area (Å²) in [5, 5.41) is 3.78. The average molecular weight is 486 g/mol. The van der Waals surface area contributed by atoms with E-state index in [1.165, 1.54) is 0 Å². The van der Waals surface area contributed by atoms with Gasteiger partial charge >= 0.3 is 0 Å². The van der Waals surface area contributed by atoms with Crippen molar-refractivity contribution < 1.29 is 22.7 Å². The Kier molecular flexibility index (Phi) is 7.13. The molecular formula is C25H31N3O5S. The molecule has 9 heteroatoms. The molecule has 1 aliphatic rings. The fourth-order valence-electron chi connectivity index (χ4n) is 4.36. The van der Waals surface area contributed by atoms with Gasteiger partial charge < -0.3 is 19.4 Å². The number of carbonyl (C=O) groups is 1. The van der Waals surface area contributed by atoms with Crippen LogP contribution in [0.15, 0.2) is 53.6 Å². The Labute approximate surface area is 200 Å². The number of rotatable bonds is 9. The molecule has 2 aromatic carbocycles. The molecule has 3 aromatic rings. The molecule has 8 nitrogen and oxygen atoms in total. The summed E-state index contributed by atoms with van der Waals surface area (Å²) in [4.78, 5) is 13.1. The highest BCUT2D eigenvalue weighted by molar-refractivity contribution is 7.89. The van der Waals surface area contributed by atoms with Crippen molar-refractivity contribution in [2.75, 3.05) is 33.9 Å². The second kappa shape index (κ2) is 10.1. The van der Waals surface area contributed by atoms with Crippen LogP contribution in [-0.2, 0) is 21.2 Å². The van der Waals surface area contributed by atoms with Gasteiger partial charge in [0.2, 0.25) is 15.9 Å². The van der Waals surface area contributed by atoms with Crippen LogP contribution in [0.2, 0.25) is 0 Å². The van der Waals surface area contributed by atoms with E-state index in [1.54, 1.807) is 36.7 Å². The molecule has 0 radical (unpaired) electrons. The molecule has 1 fully saturated rings. The molecule has 0 aliphatic carbocycles. The molecule has 1 aromatic heterocycles. The largest absolute Gasteiger partial charge is 0.493 e. The van der Waals surface area contributed by atoms with E-state index in [9.17, 15) is 13.2 Å². The second-order valence-electron chi connectivity index (χ2n) is 8.46. The predicted molar refractivity (Wildman–Crippen MR) is 131 cm³/mol. The normalized spacial score (nSPS) is 15.4. The number of nitrogens with one attached hydrogen (secondary N) is 1. The van der Waals surface area contributed by atoms with E-state index in [-0.39, 0.29) is 5.91 Å². The van der Waals surface area contributed by atoms with Crippen LogP contribution >= 0.6 is 0 Å². The third kappa shape index (κ3) is 4.76. The first-order valence-corrected chi connectivity index (χ1v) is 12.9. The molecule has 2 heterocycles. The Hall–Kier alpha value is -3.04. The Morgan fingerprint density at radius 2 is 1.76 bits per heavy atom. The lowest BCUT2D eigenvalue weighted by Gasteiger charge is -2.17. The Morgan fingerprint density at radius 1 is 1.03 bits per heavy atom. The number of benzene rings is 2. The molecular weight excluding hydrogens is 454 g/mol. The van der Waals surface area contributed by atoms with Gasteiger partial charge in [-0.15, -0.1) is 0 Å². The molecule has 1 aliphatic heterocycles. The number of hydrogen-bond donors (Lipinski definition) is 1. The molecule has 0 saturated carbocycles. The van der Waals surface area contributed by atoms with Gasteiger partial charge in [-0.2, -0.15) is 4.31 Å². The minimum Gasteiger partial charge on any atom is -0.493 e. The number of sulfonamides is 1. The van der Waals surface area contributed by atoms with E-state index in [2.05, 4.69) is 5.32 Å². The molecule has 0 spiro atoms. The number of aromatic nitrogens is 1. The lowest BCUT2D eigenvalue weighted by atomic mass is 10.1. The summed E-state index contributed by atoms with van der Waals surface area (Å²) in [6.07, 6.45) is 4.28. The van der Waals surface area contributed by atoms with E-state index in [0.29, 0.717) is 42.4 Å². The minimum atomic E-state index is -3.48. The number of methoxy groups -OCH3 is 2. The number of nitrogens with zero attached hydrogens (tertiary/aromatic N) is 2. The monoisotopic (exact) mass is 485 g/mol. The summed E-state index contributed by atoms with van der Waals surface area (Å²) in [5.74, 6) is 1.22. The number of carbonyl (C=O) groups excluding carboxylic acids is 1. The predicted octanol–water partition coefficient (Wildman–Crippen LogP) is 3.36. The van der Waals surface area contributed by atoms with Gasteiger partial charge in [0.05, 0.1) is 19.1 Å². The Bertz CT molecular complexity index is 1280. The van der Waals surface area contributed by atoms with Crippen LogP contribution in [0.4, 0.5) is 0 Å². The maximum Gasteiger partial charge on any atom is 0.243 e. The van der Waals surface area contributed by atoms with Crippen molar-refractivity contribution in [3.63, 3.8) is 0 Å². The average Bonchev–Trinajstić information content (AvgIpc) is 3.53. The zero-order valence-electron chi connectivity index (χ0n) is 19.8. The number of fused-ring (bicyclic) bond motifs is 1. The standard InChI is InChI=1S/C25H31N3O5S/c1-18(25(29)26-12-10-19-6-9-23(32-2)24(16-19)33-3)28-15-11-20-17-21(7-8-22(20)28)34(30,31)27-13-4-5-14-27/h6-9,11,15-18H,4-5,10,12-14H2,1-3H3,(H,26,29). The molecule has 1 N–H and O–H groups in total. The van der Waals surface area contributed by atoms with E-state index in [4.69, 9.17) is 9.47 Å². The molecule has 1 saturated heterocycles. The van der Waals surface area contributed by atoms with Crippen molar-refractivity contribution >= 4 is 26.8 Å². The third-order valence-corrected chi connectivity index (χ3v) is 8.25. The van der Waals surface area contributed by atoms with Crippen LogP contribution in [0.3, 0.4) is 0 Å². The quantitative estimate of drug-likeness (QED) is 0.502. The van der Waals surface area contributed by atoms with E-state index in [0.717, 1.165) is 29.3 Å². The van der Waals surface area contributed by atoms with Gasteiger partial charge in [-0.3, -0.25) is 4.79 Å². The van der Waals surface area contributed by atoms with Crippen LogP contribution in [-0.4, -0.2) is 57.1 Å². The van der Waals surface area contributed by atoms with Gasteiger partial charge in [0.25, 0.3) is 0 Å². The molecule has 182 valence electrons. The lowest BCUT2D eigenvalue weighted by Crippen LogP contribution is -2.32. The maximum atomic E-state index is 12.9. The van der Waals surface area contributed by atoms with Crippen LogP contribution in [0, 0.1) is 0 Å². The number of amides is 1. The first-order chi connectivity index (χ1) is 16.3. The van der Waals surface area contributed by atoms with Crippen LogP contribution in [0.5, 0.6) is 11.5 Å². The fourth-order valence-corrected chi connectivity index (χ4v) is 5.91. The zero-order chi connectivity index (χ0) is 24.3. The summed E-state index contributed by atoms with van der Waals surface area (Å²) >= 11 is 0. The van der Waals surface area contributed by atoms with Crippen molar-refractivity contribution in [3.05, 3.63) is 54.2 Å². The van der Waals surface area contributed by atoms with Crippen molar-refractivity contribution in [2.45, 2.75) is 37.1 Å². The topological polar surface area (TPSA) is 89.9 Å². The molecule has 0 bridgehead atoms. The number of hydrogen-bond acceptors (Lipinski definition) is 5. The second-order valence-corrected chi connectivity index (χ2v) is 10.4. The van der Waals surface area contributed by atoms with Crippen molar-refractivity contribution in [1.29, 1.82) is 0 Å². The van der Waals surface area contributed by atoms with Gasteiger partial charge in [0.15, 0.2) is 11.5 Å². The summed E-state index contributed by atoms with van der Waals surface area (Å²) < 4.78 is 39.8. The first kappa shape index (κ1) is 24.1. The van der Waals surface area contributed by atoms with Gasteiger partial charge in [-0.1, -0.05) is 6.07 Å². The summed E-state index contributed by atoms with van der Waals surface area (Å²) in [6, 6.07) is 12.2. The van der Waals surface area contributed by atoms with Crippen molar-refractivity contribution in [2.24, 2.45) is 0 Å². The molecule has 1 amide bonds. The van der Waals surface area contributed by atoms with Crippen molar-refractivity contribution in [1.82, 2.24) is 14.2 Å². The Morgan fingerprint density at radius 3 is 2.47 bits per heavy atom. The van der Waals surface area contributed by atoms with Gasteiger partial charge in [-0.05, 0) is 68.1 Å². The third-order valence-electron chi connectivity index (χ3n) is 6.35. The van der Waals surface area contributed by atoms with Gasteiger partial charge in [0.1, 0.15) is 6.04 Å². The van der Waals surface area contributed by atoms with E-state index >= 15 is 0 Å². The Balaban J connectivity index is 1.42. The molecule has 1 unspecified atom stereocenters. The van der Waals surface area contributed by atoms with E-state index < -0.39 is 16.1 Å². The summed E-state index contributed by atoms with van der Waals surface area (Å²) in [7, 11) is -0.288. The fraction of sp³-hybridized carbons (Fsp3) is 0.400. The highest BCUT2D eigenvalue weighted by Gasteiger charge is 2.27. The minimum absolute atomic E-state index is 0.105. The first-order valence-electron chi connectivity index (χ1n) is 11.4. The summed E-state index contributed by atoms with van der Waals surface area (Å²) in [5.41, 5.74) is 1.85. The smallest absolute Gasteiger partial charge is 0.243 e. The SMILES string of the molecule is COc1ccc(CCNC(=O)C(C)n2ccc3cc(S(=O)(=O)N4CCCC4)ccc32)cc1OC. The van der Waals surface area contributed by atoms with E-state index in [1.807, 2.05) is 42.0 Å². The molecule has 4 rings (SSSR count). The van der Waals surface area contributed by atoms with Crippen molar-refractivity contribution in [3.8, 4) is 11.5 Å². The lowest BCUT2D eigenvalue weighted by molar-refractivity contribution is -0.123. The van der Waals surface area contributed by atoms with Gasteiger partial charge in [0, 0.05) is 36.7 Å². The highest BCUT2D eigenvalue weighted by atomic mass is 32.2. The van der Waals surface area contributed by atoms with Crippen LogP contribution in [0.25, 0.3) is 10.9 Å². The highest BCUT2D eigenvalue weighted by Crippen LogP contribution is 2.28. The zero-order valence-corrected chi connectivity index (χ0v) is 20.6. The van der Waals surface area contributed by atoms with Gasteiger partial charge in [-0.25, -0.2) is 8.42 Å². The maximum absolute atomic E-state index is 12.9. The summed E-state index contributed by atoms with van der Waals surface area (Å²) in [6.45, 7) is 3.46. The molecule has 1 atom stereocenters. The van der Waals surface area contributed by atoms with Crippen LogP contribution in [0.1, 0.15) is 31.4 Å². The molecule has 34 heavy (non-hydrogen) atoms. The van der Waals surface area contributed by atoms with Crippen LogP contribution < -0.4 is 14.8 Å².